The fourth-order valence-corrected chi connectivity index (χ4v) is 5.49. The molecule has 0 saturated heterocycles. The molecule has 2 N–H and O–H groups in total. The second-order valence-corrected chi connectivity index (χ2v) is 12.4. The molecule has 1 aromatic heterocycles. The Bertz CT molecular complexity index is 1740. The van der Waals surface area contributed by atoms with Crippen LogP contribution in [0.15, 0.2) is 115 Å². The second kappa shape index (κ2) is 23.5. The Morgan fingerprint density at radius 2 is 1.25 bits per heavy atom. The van der Waals surface area contributed by atoms with Gasteiger partial charge in [0.25, 0.3) is 5.91 Å². The first-order valence-electron chi connectivity index (χ1n) is 17.8. The van der Waals surface area contributed by atoms with Crippen LogP contribution in [0.25, 0.3) is 10.9 Å². The van der Waals surface area contributed by atoms with E-state index in [4.69, 9.17) is 16.3 Å². The molecule has 0 aliphatic carbocycles. The Kier molecular flexibility index (Phi) is 18.7. The van der Waals surface area contributed by atoms with Crippen molar-refractivity contribution in [1.29, 1.82) is 0 Å². The van der Waals surface area contributed by atoms with Gasteiger partial charge >= 0.3 is 0 Å². The van der Waals surface area contributed by atoms with E-state index in [1.807, 2.05) is 25.1 Å². The van der Waals surface area contributed by atoms with Crippen LogP contribution in [0.5, 0.6) is 5.75 Å². The van der Waals surface area contributed by atoms with Crippen molar-refractivity contribution in [2.75, 3.05) is 20.2 Å². The van der Waals surface area contributed by atoms with Crippen LogP contribution < -0.4 is 15.4 Å². The predicted molar refractivity (Wildman–Crippen MR) is 212 cm³/mol. The number of hydrogen-bond acceptors (Lipinski definition) is 4. The summed E-state index contributed by atoms with van der Waals surface area (Å²) in [5.74, 6) is 0.159. The first-order chi connectivity index (χ1) is 24.8. The topological polar surface area (TPSA) is 89.4 Å². The zero-order valence-electron chi connectivity index (χ0n) is 30.2. The van der Waals surface area contributed by atoms with Gasteiger partial charge in [-0.3, -0.25) is 19.0 Å². The van der Waals surface area contributed by atoms with Crippen LogP contribution in [0.3, 0.4) is 0 Å². The number of ether oxygens (including phenoxy) is 1. The number of benzene rings is 2. The number of hydrogen-bond donors (Lipinski definition) is 2. The number of carbonyl (C=O) groups is 3. The molecule has 0 spiro atoms. The molecule has 0 fully saturated rings. The molecule has 3 aromatic rings. The van der Waals surface area contributed by atoms with Crippen LogP contribution in [-0.4, -0.2) is 42.5 Å². The highest BCUT2D eigenvalue weighted by Gasteiger charge is 2.22. The summed E-state index contributed by atoms with van der Waals surface area (Å²) in [5.41, 5.74) is 2.60. The molecule has 270 valence electrons. The lowest BCUT2D eigenvalue weighted by molar-refractivity contribution is -0.122. The molecular formula is C43H52ClN3O4. The standard InChI is InChI=1S/C43H52ClN3O4/c1-4-5-6-7-8-9-10-11-12-13-14-15-16-17-18-19-20-21-22-23-41(48)45-30-31-46-42(49)33-38-34(2)47(40-29-28-37(51-3)32-39(38)40)43(50)35-24-26-36(44)27-25-35/h5-6,8-9,11-12,14-15,17-18,20-21,24-29,32H,4,7,10,13,16,19,22-23,30-31,33H2,1-3H3,(H,45,48)(H,46,49)/b6-5-,9-8-,12-11-,15-14+,18-17+,21-20+. The molecule has 0 aliphatic heterocycles. The normalized spacial score (nSPS) is 12.2. The Balaban J connectivity index is 1.33. The maximum Gasteiger partial charge on any atom is 0.262 e. The average Bonchev–Trinajstić information content (AvgIpc) is 3.40. The van der Waals surface area contributed by atoms with Crippen molar-refractivity contribution in [2.45, 2.75) is 71.6 Å². The zero-order chi connectivity index (χ0) is 36.7. The van der Waals surface area contributed by atoms with Crippen LogP contribution in [-0.2, 0) is 16.0 Å². The lowest BCUT2D eigenvalue weighted by atomic mass is 10.1. The van der Waals surface area contributed by atoms with Gasteiger partial charge in [0.2, 0.25) is 11.8 Å². The highest BCUT2D eigenvalue weighted by molar-refractivity contribution is 6.30. The number of allylic oxidation sites excluding steroid dienone is 12. The Hall–Kier alpha value is -4.88. The summed E-state index contributed by atoms with van der Waals surface area (Å²) in [4.78, 5) is 38.7. The fraction of sp³-hybridized carbons (Fsp3) is 0.326. The van der Waals surface area contributed by atoms with E-state index in [2.05, 4.69) is 84.4 Å². The number of aromatic nitrogens is 1. The van der Waals surface area contributed by atoms with Gasteiger partial charge in [0.05, 0.1) is 19.0 Å². The summed E-state index contributed by atoms with van der Waals surface area (Å²) in [6.07, 6.45) is 32.8. The van der Waals surface area contributed by atoms with Gasteiger partial charge in [-0.05, 0) is 99.9 Å². The summed E-state index contributed by atoms with van der Waals surface area (Å²) in [5, 5.41) is 7.06. The van der Waals surface area contributed by atoms with Gasteiger partial charge in [-0.2, -0.15) is 0 Å². The number of amides is 2. The number of nitrogens with zero attached hydrogens (tertiary/aromatic N) is 1. The highest BCUT2D eigenvalue weighted by Crippen LogP contribution is 2.31. The van der Waals surface area contributed by atoms with Gasteiger partial charge in [0.1, 0.15) is 5.75 Å². The molecule has 0 unspecified atom stereocenters. The van der Waals surface area contributed by atoms with Crippen LogP contribution in [0, 0.1) is 6.92 Å². The van der Waals surface area contributed by atoms with Crippen molar-refractivity contribution in [3.05, 3.63) is 137 Å². The second-order valence-electron chi connectivity index (χ2n) is 11.9. The molecule has 0 bridgehead atoms. The quantitative estimate of drug-likeness (QED) is 0.0852. The van der Waals surface area contributed by atoms with Crippen molar-refractivity contribution in [1.82, 2.24) is 15.2 Å². The summed E-state index contributed by atoms with van der Waals surface area (Å²) in [7, 11) is 1.58. The average molecular weight is 710 g/mol. The number of nitrogens with one attached hydrogen (secondary N) is 2. The molecule has 7 nitrogen and oxygen atoms in total. The van der Waals surface area contributed by atoms with E-state index < -0.39 is 0 Å². The smallest absolute Gasteiger partial charge is 0.262 e. The van der Waals surface area contributed by atoms with Gasteiger partial charge in [0, 0.05) is 41.2 Å². The largest absolute Gasteiger partial charge is 0.497 e. The maximum atomic E-state index is 13.5. The molecule has 51 heavy (non-hydrogen) atoms. The minimum Gasteiger partial charge on any atom is -0.497 e. The van der Waals surface area contributed by atoms with Gasteiger partial charge < -0.3 is 15.4 Å². The van der Waals surface area contributed by atoms with E-state index in [0.29, 0.717) is 53.5 Å². The van der Waals surface area contributed by atoms with Crippen LogP contribution in [0.2, 0.25) is 5.02 Å². The highest BCUT2D eigenvalue weighted by atomic mass is 35.5. The van der Waals surface area contributed by atoms with Crippen molar-refractivity contribution in [3.63, 3.8) is 0 Å². The number of carbonyl (C=O) groups excluding carboxylic acids is 3. The minimum atomic E-state index is -0.210. The molecule has 1 heterocycles. The SMILES string of the molecule is CC/C=C\C/C=C\C/C=C\C/C=C/C/C=C/C/C=C/CCC(=O)NCCNC(=O)Cc1c(C)n(C(=O)c2ccc(Cl)cc2)c2ccc(OC)cc12. The number of rotatable bonds is 21. The molecule has 3 rings (SSSR count). The lowest BCUT2D eigenvalue weighted by Crippen LogP contribution is -2.35. The minimum absolute atomic E-state index is 0.0597. The van der Waals surface area contributed by atoms with Crippen molar-refractivity contribution < 1.29 is 19.1 Å². The summed E-state index contributed by atoms with van der Waals surface area (Å²) in [6.45, 7) is 4.61. The maximum absolute atomic E-state index is 13.5. The van der Waals surface area contributed by atoms with E-state index in [0.717, 1.165) is 49.5 Å². The molecule has 8 heteroatoms. The lowest BCUT2D eigenvalue weighted by Gasteiger charge is -2.09. The third-order valence-corrected chi connectivity index (χ3v) is 8.33. The van der Waals surface area contributed by atoms with Crippen LogP contribution in [0.4, 0.5) is 0 Å². The third-order valence-electron chi connectivity index (χ3n) is 8.08. The van der Waals surface area contributed by atoms with Crippen molar-refractivity contribution in [3.8, 4) is 5.75 Å². The van der Waals surface area contributed by atoms with E-state index in [9.17, 15) is 14.4 Å². The molecule has 0 radical (unpaired) electrons. The Morgan fingerprint density at radius 3 is 1.80 bits per heavy atom. The predicted octanol–water partition coefficient (Wildman–Crippen LogP) is 9.55. The first-order valence-corrected chi connectivity index (χ1v) is 18.1. The van der Waals surface area contributed by atoms with Gasteiger partial charge in [-0.15, -0.1) is 0 Å². The van der Waals surface area contributed by atoms with Gasteiger partial charge in [-0.25, -0.2) is 0 Å². The number of fused-ring (bicyclic) bond motifs is 1. The van der Waals surface area contributed by atoms with Crippen LogP contribution in [0.1, 0.15) is 79.9 Å². The van der Waals surface area contributed by atoms with E-state index in [-0.39, 0.29) is 24.1 Å². The molecule has 0 aliphatic rings. The van der Waals surface area contributed by atoms with Gasteiger partial charge in [-0.1, -0.05) is 91.4 Å². The van der Waals surface area contributed by atoms with Crippen molar-refractivity contribution in [2.24, 2.45) is 0 Å². The molecule has 0 atom stereocenters. The third kappa shape index (κ3) is 14.5. The first kappa shape index (κ1) is 40.5. The Morgan fingerprint density at radius 1 is 0.725 bits per heavy atom. The molecule has 2 aromatic carbocycles. The number of halogens is 1. The monoisotopic (exact) mass is 709 g/mol. The summed E-state index contributed by atoms with van der Waals surface area (Å²) < 4.78 is 7.04. The van der Waals surface area contributed by atoms with E-state index in [1.54, 1.807) is 42.0 Å². The van der Waals surface area contributed by atoms with Crippen molar-refractivity contribution >= 4 is 40.2 Å². The summed E-state index contributed by atoms with van der Waals surface area (Å²) in [6, 6.07) is 12.2. The van der Waals surface area contributed by atoms with E-state index in [1.165, 1.54) is 0 Å². The molecular weight excluding hydrogens is 658 g/mol. The number of methoxy groups -OCH3 is 1. The van der Waals surface area contributed by atoms with E-state index >= 15 is 0 Å². The van der Waals surface area contributed by atoms with Gasteiger partial charge in [0.15, 0.2) is 0 Å². The Labute approximate surface area is 308 Å². The zero-order valence-corrected chi connectivity index (χ0v) is 31.0. The fourth-order valence-electron chi connectivity index (χ4n) is 5.37. The molecule has 2 amide bonds. The van der Waals surface area contributed by atoms with Crippen LogP contribution >= 0.6 is 11.6 Å². The summed E-state index contributed by atoms with van der Waals surface area (Å²) >= 11 is 6.02. The molecule has 0 saturated carbocycles.